The highest BCUT2D eigenvalue weighted by Crippen LogP contribution is 2.33. The van der Waals surface area contributed by atoms with E-state index in [-0.39, 0.29) is 17.9 Å². The number of thiophene rings is 1. The maximum absolute atomic E-state index is 13.1. The van der Waals surface area contributed by atoms with E-state index in [2.05, 4.69) is 29.0 Å². The summed E-state index contributed by atoms with van der Waals surface area (Å²) in [5, 5.41) is 3.69. The van der Waals surface area contributed by atoms with Crippen LogP contribution in [0.2, 0.25) is 0 Å². The Labute approximate surface area is 198 Å². The van der Waals surface area contributed by atoms with Crippen LogP contribution in [0.25, 0.3) is 10.2 Å². The van der Waals surface area contributed by atoms with Gasteiger partial charge >= 0.3 is 0 Å². The van der Waals surface area contributed by atoms with Crippen molar-refractivity contribution in [2.24, 2.45) is 0 Å². The summed E-state index contributed by atoms with van der Waals surface area (Å²) in [5.41, 5.74) is 1.79. The molecule has 0 atom stereocenters. The molecule has 2 aromatic heterocycles. The number of carbonyl (C=O) groups is 1. The molecule has 2 heterocycles. The summed E-state index contributed by atoms with van der Waals surface area (Å²) in [6.45, 7) is 7.90. The van der Waals surface area contributed by atoms with Crippen molar-refractivity contribution in [3.8, 4) is 5.75 Å². The largest absolute Gasteiger partial charge is 0.490 e. The average Bonchev–Trinajstić information content (AvgIpc) is 3.22. The van der Waals surface area contributed by atoms with Gasteiger partial charge in [-0.05, 0) is 56.5 Å². The Kier molecular flexibility index (Phi) is 7.77. The molecule has 1 aromatic carbocycles. The standard InChI is InChI=1S/C25H32N4O3S/c1-3-28(4-2)15-16-32-20-11-7-6-10-19(20)27-22(30)13-14-29-17-26-24-23(25(29)31)18-9-5-8-12-21(18)33-24/h6-7,10-11,17H,3-5,8-9,12-16H2,1-2H3,(H,27,30). The topological polar surface area (TPSA) is 76.5 Å². The van der Waals surface area contributed by atoms with Gasteiger partial charge in [0.2, 0.25) is 5.91 Å². The van der Waals surface area contributed by atoms with Crippen molar-refractivity contribution in [3.05, 3.63) is 51.4 Å². The number of amides is 1. The monoisotopic (exact) mass is 468 g/mol. The number of nitrogens with zero attached hydrogens (tertiary/aromatic N) is 3. The van der Waals surface area contributed by atoms with E-state index in [1.807, 2.05) is 24.3 Å². The number of aryl methyl sites for hydroxylation is 3. The predicted octanol–water partition coefficient (Wildman–Crippen LogP) is 4.09. The number of hydrogen-bond acceptors (Lipinski definition) is 6. The second kappa shape index (κ2) is 10.9. The van der Waals surface area contributed by atoms with Crippen LogP contribution in [0.4, 0.5) is 5.69 Å². The molecule has 176 valence electrons. The van der Waals surface area contributed by atoms with E-state index < -0.39 is 0 Å². The average molecular weight is 469 g/mol. The van der Waals surface area contributed by atoms with Gasteiger partial charge in [-0.3, -0.25) is 14.2 Å². The minimum atomic E-state index is -0.158. The highest BCUT2D eigenvalue weighted by molar-refractivity contribution is 7.18. The first-order valence-corrected chi connectivity index (χ1v) is 12.7. The van der Waals surface area contributed by atoms with Crippen LogP contribution < -0.4 is 15.6 Å². The van der Waals surface area contributed by atoms with Crippen molar-refractivity contribution in [2.45, 2.75) is 52.5 Å². The maximum Gasteiger partial charge on any atom is 0.262 e. The van der Waals surface area contributed by atoms with E-state index in [1.165, 1.54) is 16.9 Å². The first-order chi connectivity index (χ1) is 16.1. The summed E-state index contributed by atoms with van der Waals surface area (Å²) in [6.07, 6.45) is 6.04. The quantitative estimate of drug-likeness (QED) is 0.485. The number of aromatic nitrogens is 2. The lowest BCUT2D eigenvalue weighted by Gasteiger charge is -2.19. The third kappa shape index (κ3) is 5.45. The molecule has 0 saturated carbocycles. The van der Waals surface area contributed by atoms with Gasteiger partial charge < -0.3 is 15.0 Å². The number of para-hydroxylation sites is 2. The van der Waals surface area contributed by atoms with Crippen molar-refractivity contribution in [3.63, 3.8) is 0 Å². The second-order valence-corrected chi connectivity index (χ2v) is 9.39. The predicted molar refractivity (Wildman–Crippen MR) is 133 cm³/mol. The molecule has 4 rings (SSSR count). The Balaban J connectivity index is 1.39. The molecule has 3 aromatic rings. The van der Waals surface area contributed by atoms with Crippen molar-refractivity contribution in [1.82, 2.24) is 14.5 Å². The van der Waals surface area contributed by atoms with Crippen LogP contribution in [0, 0.1) is 0 Å². The molecule has 8 heteroatoms. The van der Waals surface area contributed by atoms with Gasteiger partial charge in [-0.25, -0.2) is 4.98 Å². The van der Waals surface area contributed by atoms with Crippen LogP contribution in [0.3, 0.4) is 0 Å². The van der Waals surface area contributed by atoms with Gasteiger partial charge in [-0.2, -0.15) is 0 Å². The zero-order chi connectivity index (χ0) is 23.2. The first-order valence-electron chi connectivity index (χ1n) is 11.8. The highest BCUT2D eigenvalue weighted by atomic mass is 32.1. The summed E-state index contributed by atoms with van der Waals surface area (Å²) >= 11 is 1.64. The van der Waals surface area contributed by atoms with Gasteiger partial charge in [0.15, 0.2) is 0 Å². The van der Waals surface area contributed by atoms with E-state index in [4.69, 9.17) is 4.74 Å². The van der Waals surface area contributed by atoms with E-state index in [0.717, 1.165) is 49.1 Å². The number of anilines is 1. The molecule has 0 bridgehead atoms. The summed E-state index contributed by atoms with van der Waals surface area (Å²) in [6, 6.07) is 7.46. The van der Waals surface area contributed by atoms with E-state index in [1.54, 1.807) is 22.2 Å². The zero-order valence-corrected chi connectivity index (χ0v) is 20.2. The Morgan fingerprint density at radius 1 is 1.21 bits per heavy atom. The van der Waals surface area contributed by atoms with E-state index >= 15 is 0 Å². The SMILES string of the molecule is CCN(CC)CCOc1ccccc1NC(=O)CCn1cnc2sc3c(c2c1=O)CCCC3. The number of hydrogen-bond donors (Lipinski definition) is 1. The van der Waals surface area contributed by atoms with Crippen molar-refractivity contribution in [1.29, 1.82) is 0 Å². The lowest BCUT2D eigenvalue weighted by molar-refractivity contribution is -0.116. The molecule has 1 aliphatic carbocycles. The minimum Gasteiger partial charge on any atom is -0.490 e. The van der Waals surface area contributed by atoms with Gasteiger partial charge in [0.1, 0.15) is 17.2 Å². The van der Waals surface area contributed by atoms with Gasteiger partial charge in [-0.15, -0.1) is 11.3 Å². The number of fused-ring (bicyclic) bond motifs is 3. The summed E-state index contributed by atoms with van der Waals surface area (Å²) < 4.78 is 7.49. The van der Waals surface area contributed by atoms with Crippen LogP contribution in [0.15, 0.2) is 35.4 Å². The van der Waals surface area contributed by atoms with Gasteiger partial charge in [0.05, 0.1) is 17.4 Å². The molecule has 7 nitrogen and oxygen atoms in total. The summed E-state index contributed by atoms with van der Waals surface area (Å²) in [7, 11) is 0. The fourth-order valence-corrected chi connectivity index (χ4v) is 5.51. The van der Waals surface area contributed by atoms with Gasteiger partial charge in [-0.1, -0.05) is 26.0 Å². The fraction of sp³-hybridized carbons (Fsp3) is 0.480. The lowest BCUT2D eigenvalue weighted by atomic mass is 9.97. The third-order valence-electron chi connectivity index (χ3n) is 6.24. The number of carbonyl (C=O) groups excluding carboxylic acids is 1. The molecule has 0 radical (unpaired) electrons. The normalized spacial score (nSPS) is 13.3. The van der Waals surface area contributed by atoms with E-state index in [9.17, 15) is 9.59 Å². The number of rotatable bonds is 10. The number of benzene rings is 1. The molecule has 1 aliphatic rings. The molecule has 33 heavy (non-hydrogen) atoms. The van der Waals surface area contributed by atoms with Crippen LogP contribution >= 0.6 is 11.3 Å². The molecule has 1 N–H and O–H groups in total. The molecule has 1 amide bonds. The Morgan fingerprint density at radius 3 is 2.82 bits per heavy atom. The molecule has 0 spiro atoms. The van der Waals surface area contributed by atoms with Crippen molar-refractivity contribution < 1.29 is 9.53 Å². The highest BCUT2D eigenvalue weighted by Gasteiger charge is 2.20. The smallest absolute Gasteiger partial charge is 0.262 e. The Morgan fingerprint density at radius 2 is 2.00 bits per heavy atom. The third-order valence-corrected chi connectivity index (χ3v) is 7.44. The van der Waals surface area contributed by atoms with E-state index in [0.29, 0.717) is 24.6 Å². The lowest BCUT2D eigenvalue weighted by Crippen LogP contribution is -2.28. The van der Waals surface area contributed by atoms with Crippen LogP contribution in [-0.2, 0) is 24.2 Å². The summed E-state index contributed by atoms with van der Waals surface area (Å²) in [5.74, 6) is 0.497. The zero-order valence-electron chi connectivity index (χ0n) is 19.4. The molecular weight excluding hydrogens is 436 g/mol. The number of nitrogens with one attached hydrogen (secondary N) is 1. The van der Waals surface area contributed by atoms with Gasteiger partial charge in [0.25, 0.3) is 5.56 Å². The van der Waals surface area contributed by atoms with Crippen molar-refractivity contribution in [2.75, 3.05) is 31.6 Å². The molecule has 0 aliphatic heterocycles. The molecule has 0 saturated heterocycles. The second-order valence-electron chi connectivity index (χ2n) is 8.30. The minimum absolute atomic E-state index is 0.0349. The molecule has 0 fully saturated rings. The number of ether oxygens (including phenoxy) is 1. The first kappa shape index (κ1) is 23.4. The molecular formula is C25H32N4O3S. The summed E-state index contributed by atoms with van der Waals surface area (Å²) in [4.78, 5) is 34.7. The maximum atomic E-state index is 13.1. The number of likely N-dealkylation sites (N-methyl/N-ethyl adjacent to an activating group) is 1. The molecule has 0 unspecified atom stereocenters. The van der Waals surface area contributed by atoms with Crippen LogP contribution in [0.1, 0.15) is 43.6 Å². The van der Waals surface area contributed by atoms with Gasteiger partial charge in [0, 0.05) is 24.4 Å². The Bertz CT molecular complexity index is 1170. The van der Waals surface area contributed by atoms with Crippen molar-refractivity contribution >= 4 is 33.1 Å². The fourth-order valence-electron chi connectivity index (χ4n) is 4.30. The Hall–Kier alpha value is -2.71. The van der Waals surface area contributed by atoms with Crippen LogP contribution in [-0.4, -0.2) is 46.6 Å². The van der Waals surface area contributed by atoms with Crippen LogP contribution in [0.5, 0.6) is 5.75 Å².